The van der Waals surface area contributed by atoms with E-state index >= 15 is 0 Å². The van der Waals surface area contributed by atoms with Gasteiger partial charge in [-0.15, -0.1) is 0 Å². The van der Waals surface area contributed by atoms with Crippen molar-refractivity contribution < 1.29 is 27.4 Å². The Morgan fingerprint density at radius 1 is 1.27 bits per heavy atom. The van der Waals surface area contributed by atoms with Gasteiger partial charge in [0.1, 0.15) is 23.1 Å². The zero-order valence-electron chi connectivity index (χ0n) is 15.4. The van der Waals surface area contributed by atoms with Crippen LogP contribution in [0.25, 0.3) is 10.4 Å². The van der Waals surface area contributed by atoms with Crippen LogP contribution in [0.1, 0.15) is 11.1 Å². The van der Waals surface area contributed by atoms with Crippen molar-refractivity contribution in [3.05, 3.63) is 69.9 Å². The summed E-state index contributed by atoms with van der Waals surface area (Å²) in [6.07, 6.45) is -3.53. The number of azide groups is 1. The van der Waals surface area contributed by atoms with E-state index in [1.165, 1.54) is 13.2 Å². The van der Waals surface area contributed by atoms with Gasteiger partial charge >= 0.3 is 12.1 Å². The molecule has 2 heterocycles. The maximum absolute atomic E-state index is 12.7. The summed E-state index contributed by atoms with van der Waals surface area (Å²) < 4.78 is 49.3. The molecule has 2 N–H and O–H groups in total. The van der Waals surface area contributed by atoms with Crippen molar-refractivity contribution in [2.24, 2.45) is 5.11 Å². The number of amides is 1. The lowest BCUT2D eigenvalue weighted by Gasteiger charge is -2.35. The van der Waals surface area contributed by atoms with Crippen LogP contribution in [-0.2, 0) is 10.2 Å². The number of hydrogen-bond acceptors (Lipinski definition) is 5. The number of halogens is 3. The van der Waals surface area contributed by atoms with Crippen molar-refractivity contribution in [1.82, 2.24) is 10.6 Å². The molecule has 2 aromatic rings. The topological polar surface area (TPSA) is 108 Å². The molecule has 0 bridgehead atoms. The number of hydrogen-bond donors (Lipinski definition) is 2. The molecule has 0 radical (unpaired) electrons. The van der Waals surface area contributed by atoms with Crippen LogP contribution in [0.3, 0.4) is 0 Å². The number of carbonyl (C=O) groups is 1. The van der Waals surface area contributed by atoms with Gasteiger partial charge in [0.25, 0.3) is 0 Å². The highest BCUT2D eigenvalue weighted by Gasteiger charge is 2.46. The Bertz CT molecular complexity index is 1120. The third-order valence-electron chi connectivity index (χ3n) is 4.95. The lowest BCUT2D eigenvalue weighted by atomic mass is 9.73. The Morgan fingerprint density at radius 2 is 1.97 bits per heavy atom. The second-order valence-electron chi connectivity index (χ2n) is 6.67. The van der Waals surface area contributed by atoms with Gasteiger partial charge in [0, 0.05) is 28.3 Å². The fraction of sp³-hybridized carbons (Fsp3) is 0.211. The van der Waals surface area contributed by atoms with Crippen LogP contribution in [-0.4, -0.2) is 25.7 Å². The summed E-state index contributed by atoms with van der Waals surface area (Å²) in [7, 11) is 1.49. The minimum atomic E-state index is -5.03. The first-order valence-corrected chi connectivity index (χ1v) is 8.68. The van der Waals surface area contributed by atoms with Crippen LogP contribution in [0, 0.1) is 0 Å². The van der Waals surface area contributed by atoms with E-state index in [4.69, 9.17) is 15.0 Å². The van der Waals surface area contributed by atoms with Gasteiger partial charge in [-0.1, -0.05) is 5.11 Å². The van der Waals surface area contributed by atoms with Crippen LogP contribution in [0.2, 0.25) is 0 Å². The second kappa shape index (κ2) is 6.89. The lowest BCUT2D eigenvalue weighted by molar-refractivity contribution is -0.172. The molecule has 8 nitrogen and oxygen atoms in total. The fourth-order valence-electron chi connectivity index (χ4n) is 3.61. The molecule has 1 amide bonds. The Hall–Kier alpha value is -3.85. The fourth-order valence-corrected chi connectivity index (χ4v) is 3.61. The van der Waals surface area contributed by atoms with Gasteiger partial charge in [-0.25, -0.2) is 0 Å². The molecule has 11 heteroatoms. The number of ether oxygens (including phenoxy) is 2. The first-order chi connectivity index (χ1) is 14.3. The van der Waals surface area contributed by atoms with E-state index in [0.717, 1.165) is 0 Å². The van der Waals surface area contributed by atoms with E-state index in [0.29, 0.717) is 34.1 Å². The molecule has 4 rings (SSSR count). The molecule has 0 saturated heterocycles. The molecule has 2 aliphatic rings. The van der Waals surface area contributed by atoms with E-state index < -0.39 is 17.5 Å². The molecule has 0 aliphatic carbocycles. The van der Waals surface area contributed by atoms with Crippen molar-refractivity contribution in [1.29, 1.82) is 0 Å². The third-order valence-corrected chi connectivity index (χ3v) is 4.95. The summed E-state index contributed by atoms with van der Waals surface area (Å²) in [4.78, 5) is 14.2. The minimum Gasteiger partial charge on any atom is -0.497 e. The predicted molar refractivity (Wildman–Crippen MR) is 99.4 cm³/mol. The van der Waals surface area contributed by atoms with Crippen LogP contribution >= 0.6 is 0 Å². The van der Waals surface area contributed by atoms with Crippen molar-refractivity contribution in [3.63, 3.8) is 0 Å². The quantitative estimate of drug-likeness (QED) is 0.444. The Balaban J connectivity index is 1.88. The Labute approximate surface area is 167 Å². The summed E-state index contributed by atoms with van der Waals surface area (Å²) in [6.45, 7) is 0.136. The third kappa shape index (κ3) is 3.15. The maximum Gasteiger partial charge on any atom is 0.471 e. The second-order valence-corrected chi connectivity index (χ2v) is 6.67. The number of nitrogens with zero attached hydrogens (tertiary/aromatic N) is 3. The lowest BCUT2D eigenvalue weighted by Crippen LogP contribution is -2.39. The van der Waals surface area contributed by atoms with Crippen LogP contribution in [0.5, 0.6) is 17.2 Å². The van der Waals surface area contributed by atoms with Gasteiger partial charge < -0.3 is 20.1 Å². The predicted octanol–water partition coefficient (Wildman–Crippen LogP) is 4.15. The maximum atomic E-state index is 12.7. The van der Waals surface area contributed by atoms with Crippen molar-refractivity contribution in [2.75, 3.05) is 13.7 Å². The van der Waals surface area contributed by atoms with Crippen molar-refractivity contribution >= 4 is 11.6 Å². The average molecular weight is 417 g/mol. The Kier molecular flexibility index (Phi) is 4.47. The molecule has 0 saturated carbocycles. The van der Waals surface area contributed by atoms with E-state index in [2.05, 4.69) is 15.3 Å². The van der Waals surface area contributed by atoms with E-state index in [1.807, 2.05) is 5.32 Å². The van der Waals surface area contributed by atoms with Crippen LogP contribution in [0.4, 0.5) is 18.9 Å². The number of methoxy groups -OCH3 is 1. The standard InChI is InChI=1S/C19H14F3N5O3/c1-29-11-3-5-15-13(7-11)18(8-16(24-9-18)25-17(28)19(20,21)22)12-6-10(26-27-23)2-4-14(12)30-15/h2-8,24H,9H2,1H3,(H,25,28)/t18-/m0/s1. The zero-order valence-corrected chi connectivity index (χ0v) is 15.4. The molecular formula is C19H14F3N5O3. The first kappa shape index (κ1) is 19.5. The van der Waals surface area contributed by atoms with Gasteiger partial charge in [0.15, 0.2) is 0 Å². The molecule has 0 fully saturated rings. The number of alkyl halides is 3. The van der Waals surface area contributed by atoms with Crippen molar-refractivity contribution in [2.45, 2.75) is 11.6 Å². The average Bonchev–Trinajstić information content (AvgIpc) is 3.12. The number of carbonyl (C=O) groups excluding carboxylic acids is 1. The highest BCUT2D eigenvalue weighted by atomic mass is 19.4. The highest BCUT2D eigenvalue weighted by Crippen LogP contribution is 2.52. The highest BCUT2D eigenvalue weighted by molar-refractivity contribution is 5.83. The van der Waals surface area contributed by atoms with Gasteiger partial charge in [-0.3, -0.25) is 4.79 Å². The zero-order chi connectivity index (χ0) is 21.5. The van der Waals surface area contributed by atoms with E-state index in [1.54, 1.807) is 36.4 Å². The van der Waals surface area contributed by atoms with E-state index in [-0.39, 0.29) is 12.4 Å². The summed E-state index contributed by atoms with van der Waals surface area (Å²) in [6, 6.07) is 9.90. The summed E-state index contributed by atoms with van der Waals surface area (Å²) in [5, 5.41) is 8.27. The van der Waals surface area contributed by atoms with Crippen LogP contribution in [0.15, 0.2) is 53.4 Å². The van der Waals surface area contributed by atoms with Gasteiger partial charge in [-0.2, -0.15) is 13.2 Å². The summed E-state index contributed by atoms with van der Waals surface area (Å²) in [5.74, 6) is -0.716. The normalized spacial score (nSPS) is 18.9. The van der Waals surface area contributed by atoms with Gasteiger partial charge in [0.2, 0.25) is 0 Å². The number of rotatable bonds is 3. The molecule has 2 aliphatic heterocycles. The van der Waals surface area contributed by atoms with Crippen molar-refractivity contribution in [3.8, 4) is 17.2 Å². The molecule has 1 spiro atoms. The van der Waals surface area contributed by atoms with Gasteiger partial charge in [0.05, 0.1) is 12.5 Å². The smallest absolute Gasteiger partial charge is 0.471 e. The molecular weight excluding hydrogens is 403 g/mol. The molecule has 0 unspecified atom stereocenters. The molecule has 0 aromatic heterocycles. The SMILES string of the molecule is COc1ccc2c(c1)[C@]1(C=C(NC(=O)C(F)(F)F)NC1)c1cc(N=[N+]=[N-])ccc1O2. The molecule has 30 heavy (non-hydrogen) atoms. The number of benzene rings is 2. The number of nitrogens with one attached hydrogen (secondary N) is 2. The first-order valence-electron chi connectivity index (χ1n) is 8.68. The summed E-state index contributed by atoms with van der Waals surface area (Å²) in [5.41, 5.74) is 9.26. The molecule has 154 valence electrons. The number of fused-ring (bicyclic) bond motifs is 4. The van der Waals surface area contributed by atoms with Gasteiger partial charge in [-0.05, 0) is 48.0 Å². The molecule has 1 atom stereocenters. The van der Waals surface area contributed by atoms with Crippen LogP contribution < -0.4 is 20.1 Å². The minimum absolute atomic E-state index is 0.0897. The van der Waals surface area contributed by atoms with E-state index in [9.17, 15) is 18.0 Å². The molecule has 2 aromatic carbocycles. The monoisotopic (exact) mass is 417 g/mol. The largest absolute Gasteiger partial charge is 0.497 e. The Morgan fingerprint density at radius 3 is 2.63 bits per heavy atom. The summed E-state index contributed by atoms with van der Waals surface area (Å²) >= 11 is 0.